The number of furan rings is 1. The maximum absolute atomic E-state index is 12.3. The molecule has 0 saturated carbocycles. The third-order valence-corrected chi connectivity index (χ3v) is 4.72. The summed E-state index contributed by atoms with van der Waals surface area (Å²) in [6.07, 6.45) is 1.57. The Morgan fingerprint density at radius 1 is 1.19 bits per heavy atom. The minimum Gasteiger partial charge on any atom is -0.486 e. The summed E-state index contributed by atoms with van der Waals surface area (Å²) in [5.41, 5.74) is 2.97. The summed E-state index contributed by atoms with van der Waals surface area (Å²) >= 11 is 0. The summed E-state index contributed by atoms with van der Waals surface area (Å²) in [5, 5.41) is 6.40. The van der Waals surface area contributed by atoms with Gasteiger partial charge in [0.2, 0.25) is 0 Å². The lowest BCUT2D eigenvalue weighted by Crippen LogP contribution is -2.18. The molecule has 1 aliphatic rings. The Balaban J connectivity index is 1.27. The first-order chi connectivity index (χ1) is 14.9. The van der Waals surface area contributed by atoms with Gasteiger partial charge in [-0.3, -0.25) is 4.79 Å². The molecule has 0 spiro atoms. The van der Waals surface area contributed by atoms with E-state index in [0.29, 0.717) is 11.4 Å². The molecule has 2 aromatic heterocycles. The van der Waals surface area contributed by atoms with Crippen LogP contribution in [0.1, 0.15) is 33.9 Å². The van der Waals surface area contributed by atoms with Gasteiger partial charge in [-0.15, -0.1) is 0 Å². The molecule has 1 amide bonds. The molecule has 2 heterocycles. The minimum absolute atomic E-state index is 0.0774. The van der Waals surface area contributed by atoms with E-state index in [1.54, 1.807) is 6.07 Å². The molecule has 4 rings (SSSR count). The quantitative estimate of drug-likeness (QED) is 0.570. The SMILES string of the molecule is O=C(Nc1cnn(COCC(F)(F)F)c1)c1ccc(COc2ccc3c(c2)CCC3)o1. The van der Waals surface area contributed by atoms with E-state index in [4.69, 9.17) is 9.15 Å². The second-order valence-corrected chi connectivity index (χ2v) is 7.15. The number of carbonyl (C=O) groups is 1. The molecule has 0 fully saturated rings. The molecular weight excluding hydrogens is 415 g/mol. The Morgan fingerprint density at radius 2 is 2.03 bits per heavy atom. The largest absolute Gasteiger partial charge is 0.486 e. The van der Waals surface area contributed by atoms with E-state index in [-0.39, 0.29) is 19.1 Å². The number of anilines is 1. The predicted octanol–water partition coefficient (Wildman–Crippen LogP) is 4.33. The number of hydrogen-bond acceptors (Lipinski definition) is 5. The number of aryl methyl sites for hydroxylation is 2. The van der Waals surface area contributed by atoms with E-state index in [2.05, 4.69) is 21.2 Å². The third-order valence-electron chi connectivity index (χ3n) is 4.72. The van der Waals surface area contributed by atoms with Gasteiger partial charge < -0.3 is 19.2 Å². The highest BCUT2D eigenvalue weighted by molar-refractivity contribution is 6.02. The van der Waals surface area contributed by atoms with Gasteiger partial charge in [-0.2, -0.15) is 18.3 Å². The van der Waals surface area contributed by atoms with Gasteiger partial charge in [0.05, 0.1) is 18.1 Å². The van der Waals surface area contributed by atoms with Gasteiger partial charge in [-0.1, -0.05) is 6.07 Å². The van der Waals surface area contributed by atoms with Crippen LogP contribution in [-0.4, -0.2) is 28.5 Å². The second-order valence-electron chi connectivity index (χ2n) is 7.15. The lowest BCUT2D eigenvalue weighted by Gasteiger charge is -2.07. The number of halogens is 3. The maximum Gasteiger partial charge on any atom is 0.411 e. The Morgan fingerprint density at radius 3 is 2.87 bits per heavy atom. The molecule has 7 nitrogen and oxygen atoms in total. The van der Waals surface area contributed by atoms with Crippen LogP contribution in [0.4, 0.5) is 18.9 Å². The number of alkyl halides is 3. The molecule has 0 bridgehead atoms. The Labute approximate surface area is 175 Å². The molecule has 0 atom stereocenters. The fraction of sp³-hybridized carbons (Fsp3) is 0.333. The molecule has 1 N–H and O–H groups in total. The van der Waals surface area contributed by atoms with Crippen LogP contribution in [0.3, 0.4) is 0 Å². The molecule has 3 aromatic rings. The summed E-state index contributed by atoms with van der Waals surface area (Å²) in [5.74, 6) is 0.804. The standard InChI is InChI=1S/C21H20F3N3O4/c22-21(23,24)12-29-13-27-10-16(9-25-27)26-20(28)19-7-6-18(31-19)11-30-17-5-4-14-2-1-3-15(14)8-17/h4-10H,1-3,11-13H2,(H,26,28). The summed E-state index contributed by atoms with van der Waals surface area (Å²) in [6.45, 7) is -1.59. The van der Waals surface area contributed by atoms with Crippen LogP contribution in [0.15, 0.2) is 47.1 Å². The number of fused-ring (bicyclic) bond motifs is 1. The number of aromatic nitrogens is 2. The van der Waals surface area contributed by atoms with Crippen molar-refractivity contribution in [1.29, 1.82) is 0 Å². The Kier molecular flexibility index (Phi) is 5.99. The number of amides is 1. The minimum atomic E-state index is -4.41. The lowest BCUT2D eigenvalue weighted by molar-refractivity contribution is -0.182. The molecule has 0 radical (unpaired) electrons. The number of rotatable bonds is 8. The zero-order chi connectivity index (χ0) is 21.8. The van der Waals surface area contributed by atoms with Gasteiger partial charge >= 0.3 is 6.18 Å². The molecule has 164 valence electrons. The van der Waals surface area contributed by atoms with Crippen LogP contribution < -0.4 is 10.1 Å². The van der Waals surface area contributed by atoms with E-state index < -0.39 is 18.7 Å². The number of carbonyl (C=O) groups excluding carboxylic acids is 1. The van der Waals surface area contributed by atoms with Gasteiger partial charge in [0, 0.05) is 0 Å². The highest BCUT2D eigenvalue weighted by Gasteiger charge is 2.27. The van der Waals surface area contributed by atoms with E-state index in [1.165, 1.54) is 29.6 Å². The number of hydrogen-bond donors (Lipinski definition) is 1. The zero-order valence-corrected chi connectivity index (χ0v) is 16.4. The van der Waals surface area contributed by atoms with E-state index in [0.717, 1.165) is 29.7 Å². The fourth-order valence-corrected chi connectivity index (χ4v) is 3.32. The molecule has 0 aliphatic heterocycles. The molecule has 0 saturated heterocycles. The number of ether oxygens (including phenoxy) is 2. The molecule has 0 unspecified atom stereocenters. The van der Waals surface area contributed by atoms with Crippen molar-refractivity contribution in [2.75, 3.05) is 11.9 Å². The Bertz CT molecular complexity index is 1060. The van der Waals surface area contributed by atoms with Crippen molar-refractivity contribution in [2.24, 2.45) is 0 Å². The first-order valence-electron chi connectivity index (χ1n) is 9.67. The van der Waals surface area contributed by atoms with Crippen molar-refractivity contribution >= 4 is 11.6 Å². The summed E-state index contributed by atoms with van der Waals surface area (Å²) in [4.78, 5) is 12.3. The van der Waals surface area contributed by atoms with Crippen molar-refractivity contribution in [1.82, 2.24) is 9.78 Å². The number of nitrogens with zero attached hydrogens (tertiary/aromatic N) is 2. The lowest BCUT2D eigenvalue weighted by atomic mass is 10.1. The highest BCUT2D eigenvalue weighted by atomic mass is 19.4. The monoisotopic (exact) mass is 435 g/mol. The van der Waals surface area contributed by atoms with E-state index >= 15 is 0 Å². The van der Waals surface area contributed by atoms with Crippen LogP contribution in [-0.2, 0) is 30.9 Å². The van der Waals surface area contributed by atoms with Crippen LogP contribution >= 0.6 is 0 Å². The normalized spacial score (nSPS) is 13.3. The van der Waals surface area contributed by atoms with Gasteiger partial charge in [-0.05, 0) is 54.7 Å². The highest BCUT2D eigenvalue weighted by Crippen LogP contribution is 2.26. The number of benzene rings is 1. The van der Waals surface area contributed by atoms with Gasteiger partial charge in [0.1, 0.15) is 31.5 Å². The smallest absolute Gasteiger partial charge is 0.411 e. The molecule has 1 aliphatic carbocycles. The van der Waals surface area contributed by atoms with Crippen LogP contribution in [0.25, 0.3) is 0 Å². The van der Waals surface area contributed by atoms with E-state index in [1.807, 2.05) is 12.1 Å². The predicted molar refractivity (Wildman–Crippen MR) is 104 cm³/mol. The topological polar surface area (TPSA) is 78.5 Å². The van der Waals surface area contributed by atoms with Crippen molar-refractivity contribution in [3.8, 4) is 5.75 Å². The van der Waals surface area contributed by atoms with Crippen LogP contribution in [0.2, 0.25) is 0 Å². The fourth-order valence-electron chi connectivity index (χ4n) is 3.32. The van der Waals surface area contributed by atoms with Gasteiger partial charge in [0.15, 0.2) is 5.76 Å². The van der Waals surface area contributed by atoms with Crippen LogP contribution in [0.5, 0.6) is 5.75 Å². The van der Waals surface area contributed by atoms with Crippen molar-refractivity contribution in [3.05, 3.63) is 65.4 Å². The van der Waals surface area contributed by atoms with Gasteiger partial charge in [-0.25, -0.2) is 4.68 Å². The average molecular weight is 435 g/mol. The van der Waals surface area contributed by atoms with Crippen molar-refractivity contribution in [3.63, 3.8) is 0 Å². The van der Waals surface area contributed by atoms with Crippen molar-refractivity contribution in [2.45, 2.75) is 38.8 Å². The van der Waals surface area contributed by atoms with Gasteiger partial charge in [0.25, 0.3) is 5.91 Å². The summed E-state index contributed by atoms with van der Waals surface area (Å²) in [7, 11) is 0. The molecule has 31 heavy (non-hydrogen) atoms. The average Bonchev–Trinajstić information content (AvgIpc) is 3.46. The molecule has 1 aromatic carbocycles. The molecular formula is C21H20F3N3O4. The summed E-state index contributed by atoms with van der Waals surface area (Å²) in [6, 6.07) is 9.21. The zero-order valence-electron chi connectivity index (χ0n) is 16.4. The summed E-state index contributed by atoms with van der Waals surface area (Å²) < 4.78 is 53.2. The second kappa shape index (κ2) is 8.84. The van der Waals surface area contributed by atoms with Crippen molar-refractivity contribution < 1.29 is 31.9 Å². The number of nitrogens with one attached hydrogen (secondary N) is 1. The van der Waals surface area contributed by atoms with E-state index in [9.17, 15) is 18.0 Å². The third kappa shape index (κ3) is 5.66. The Hall–Kier alpha value is -3.27. The molecule has 10 heteroatoms. The van der Waals surface area contributed by atoms with Crippen LogP contribution in [0, 0.1) is 0 Å². The maximum atomic E-state index is 12.3. The first-order valence-corrected chi connectivity index (χ1v) is 9.67. The first kappa shape index (κ1) is 21.0.